The molecule has 0 saturated heterocycles. The highest BCUT2D eigenvalue weighted by Crippen LogP contribution is 2.00. The van der Waals surface area contributed by atoms with E-state index in [1.165, 1.54) is 6.26 Å². The van der Waals surface area contributed by atoms with Crippen LogP contribution < -0.4 is 5.73 Å². The number of rotatable bonds is 4. The number of hydrogen-bond donors (Lipinski definition) is 1. The third kappa shape index (κ3) is 4.85. The van der Waals surface area contributed by atoms with E-state index in [1.54, 1.807) is 0 Å². The van der Waals surface area contributed by atoms with Crippen LogP contribution in [0.4, 0.5) is 0 Å². The summed E-state index contributed by atoms with van der Waals surface area (Å²) in [6.45, 7) is 4.09. The van der Waals surface area contributed by atoms with E-state index in [0.717, 1.165) is 6.42 Å². The Morgan fingerprint density at radius 1 is 1.78 bits per heavy atom. The van der Waals surface area contributed by atoms with Crippen LogP contribution in [0.2, 0.25) is 0 Å². The molecular formula is C6H10N2O. The van der Waals surface area contributed by atoms with Crippen molar-refractivity contribution in [1.29, 1.82) is 5.26 Å². The van der Waals surface area contributed by atoms with Gasteiger partial charge in [0.1, 0.15) is 5.76 Å². The van der Waals surface area contributed by atoms with Gasteiger partial charge in [0.25, 0.3) is 6.26 Å². The summed E-state index contributed by atoms with van der Waals surface area (Å²) >= 11 is 0. The molecule has 0 amide bonds. The van der Waals surface area contributed by atoms with Crippen molar-refractivity contribution in [3.05, 3.63) is 12.3 Å². The molecule has 50 valence electrons. The summed E-state index contributed by atoms with van der Waals surface area (Å²) in [6.07, 6.45) is 3.03. The molecule has 9 heavy (non-hydrogen) atoms. The third-order valence-corrected chi connectivity index (χ3v) is 0.850. The average molecular weight is 126 g/mol. The second-order valence-electron chi connectivity index (χ2n) is 1.62. The van der Waals surface area contributed by atoms with Crippen molar-refractivity contribution >= 4 is 0 Å². The molecule has 0 heterocycles. The molecule has 0 bridgehead atoms. The van der Waals surface area contributed by atoms with E-state index in [-0.39, 0.29) is 0 Å². The number of ether oxygens (including phenoxy) is 1. The maximum Gasteiger partial charge on any atom is 0.291 e. The van der Waals surface area contributed by atoms with Crippen LogP contribution in [0.25, 0.3) is 0 Å². The lowest BCUT2D eigenvalue weighted by Gasteiger charge is -1.96. The maximum atomic E-state index is 7.97. The van der Waals surface area contributed by atoms with Crippen molar-refractivity contribution in [2.24, 2.45) is 5.73 Å². The Kier molecular flexibility index (Phi) is 4.56. The molecule has 0 radical (unpaired) electrons. The molecule has 0 rings (SSSR count). The Balaban J connectivity index is 3.19. The van der Waals surface area contributed by atoms with Gasteiger partial charge in [-0.05, 0) is 13.0 Å². The van der Waals surface area contributed by atoms with E-state index < -0.39 is 0 Å². The van der Waals surface area contributed by atoms with Gasteiger partial charge in [0.15, 0.2) is 0 Å². The summed E-state index contributed by atoms with van der Waals surface area (Å²) < 4.78 is 4.40. The minimum absolute atomic E-state index is 0.489. The van der Waals surface area contributed by atoms with Gasteiger partial charge in [0, 0.05) is 6.42 Å². The lowest BCUT2D eigenvalue weighted by atomic mass is 10.3. The van der Waals surface area contributed by atoms with Crippen molar-refractivity contribution in [3.8, 4) is 6.26 Å². The maximum absolute atomic E-state index is 7.97. The van der Waals surface area contributed by atoms with Crippen LogP contribution in [0, 0.1) is 11.5 Å². The number of allylic oxidation sites excluding steroid dienone is 1. The largest absolute Gasteiger partial charge is 0.393 e. The van der Waals surface area contributed by atoms with Crippen molar-refractivity contribution < 1.29 is 4.74 Å². The molecule has 0 atom stereocenters. The van der Waals surface area contributed by atoms with E-state index in [2.05, 4.69) is 11.3 Å². The molecule has 3 nitrogen and oxygen atoms in total. The zero-order valence-electron chi connectivity index (χ0n) is 5.26. The topological polar surface area (TPSA) is 59.0 Å². The average Bonchev–Trinajstić information content (AvgIpc) is 1.85. The minimum atomic E-state index is 0.489. The second kappa shape index (κ2) is 5.13. The summed E-state index contributed by atoms with van der Waals surface area (Å²) in [5.41, 5.74) is 5.19. The number of nitrogens with zero attached hydrogens (tertiary/aromatic N) is 1. The summed E-state index contributed by atoms with van der Waals surface area (Å²) in [6, 6.07) is 0. The lowest BCUT2D eigenvalue weighted by molar-refractivity contribution is 0.355. The smallest absolute Gasteiger partial charge is 0.291 e. The van der Waals surface area contributed by atoms with E-state index in [1.807, 2.05) is 0 Å². The summed E-state index contributed by atoms with van der Waals surface area (Å²) in [4.78, 5) is 0. The van der Waals surface area contributed by atoms with Crippen LogP contribution in [0.15, 0.2) is 12.3 Å². The molecule has 2 N–H and O–H groups in total. The molecular weight excluding hydrogens is 116 g/mol. The van der Waals surface area contributed by atoms with Gasteiger partial charge in [-0.25, -0.2) is 0 Å². The molecule has 0 aromatic heterocycles. The van der Waals surface area contributed by atoms with E-state index in [9.17, 15) is 0 Å². The molecule has 0 aliphatic carbocycles. The van der Waals surface area contributed by atoms with E-state index in [4.69, 9.17) is 11.0 Å². The monoisotopic (exact) mass is 126 g/mol. The predicted molar refractivity (Wildman–Crippen MR) is 34.1 cm³/mol. The lowest BCUT2D eigenvalue weighted by Crippen LogP contribution is -1.98. The van der Waals surface area contributed by atoms with Gasteiger partial charge in [-0.3, -0.25) is 0 Å². The second-order valence-corrected chi connectivity index (χ2v) is 1.62. The van der Waals surface area contributed by atoms with Crippen molar-refractivity contribution in [2.45, 2.75) is 12.8 Å². The molecule has 0 aromatic rings. The summed E-state index contributed by atoms with van der Waals surface area (Å²) in [7, 11) is 0. The van der Waals surface area contributed by atoms with Crippen molar-refractivity contribution in [1.82, 2.24) is 0 Å². The van der Waals surface area contributed by atoms with Crippen molar-refractivity contribution in [3.63, 3.8) is 0 Å². The fourth-order valence-corrected chi connectivity index (χ4v) is 0.415. The Labute approximate surface area is 54.7 Å². The zero-order chi connectivity index (χ0) is 7.11. The first-order valence-corrected chi connectivity index (χ1v) is 2.75. The standard InChI is InChI=1S/C6H10N2O/c1-6(9-5-8)3-2-4-7/h1-4,7H2. The first kappa shape index (κ1) is 7.99. The molecule has 0 aromatic carbocycles. The fourth-order valence-electron chi connectivity index (χ4n) is 0.415. The normalized spacial score (nSPS) is 8.00. The predicted octanol–water partition coefficient (Wildman–Crippen LogP) is 0.737. The molecule has 0 fully saturated rings. The first-order chi connectivity index (χ1) is 4.31. The van der Waals surface area contributed by atoms with Gasteiger partial charge in [-0.2, -0.15) is 0 Å². The highest BCUT2D eigenvalue weighted by Gasteiger charge is 1.91. The number of nitriles is 1. The van der Waals surface area contributed by atoms with Crippen LogP contribution in [0.1, 0.15) is 12.8 Å². The quantitative estimate of drug-likeness (QED) is 0.446. The van der Waals surface area contributed by atoms with Crippen LogP contribution in [0.5, 0.6) is 0 Å². The highest BCUT2D eigenvalue weighted by atomic mass is 16.5. The summed E-state index contributed by atoms with van der Waals surface area (Å²) in [5, 5.41) is 7.97. The van der Waals surface area contributed by atoms with Gasteiger partial charge in [0.05, 0.1) is 0 Å². The Bertz CT molecular complexity index is 126. The Morgan fingerprint density at radius 2 is 2.44 bits per heavy atom. The van der Waals surface area contributed by atoms with Gasteiger partial charge in [-0.1, -0.05) is 6.58 Å². The molecule has 0 saturated carbocycles. The Morgan fingerprint density at radius 3 is 2.89 bits per heavy atom. The molecule has 0 spiro atoms. The molecule has 0 unspecified atom stereocenters. The number of hydrogen-bond acceptors (Lipinski definition) is 3. The van der Waals surface area contributed by atoms with Crippen LogP contribution >= 0.6 is 0 Å². The van der Waals surface area contributed by atoms with Crippen LogP contribution in [0.3, 0.4) is 0 Å². The van der Waals surface area contributed by atoms with Gasteiger partial charge < -0.3 is 10.5 Å². The van der Waals surface area contributed by atoms with Crippen LogP contribution in [-0.4, -0.2) is 6.54 Å². The van der Waals surface area contributed by atoms with Gasteiger partial charge in [0.2, 0.25) is 0 Å². The first-order valence-electron chi connectivity index (χ1n) is 2.75. The van der Waals surface area contributed by atoms with E-state index in [0.29, 0.717) is 18.7 Å². The number of nitrogens with two attached hydrogens (primary N) is 1. The SMILES string of the molecule is C=C(CCCN)OC#N. The van der Waals surface area contributed by atoms with Gasteiger partial charge >= 0.3 is 0 Å². The summed E-state index contributed by atoms with van der Waals surface area (Å²) in [5.74, 6) is 0.489. The zero-order valence-corrected chi connectivity index (χ0v) is 5.26. The minimum Gasteiger partial charge on any atom is -0.393 e. The van der Waals surface area contributed by atoms with Crippen molar-refractivity contribution in [2.75, 3.05) is 6.54 Å². The fraction of sp³-hybridized carbons (Fsp3) is 0.500. The molecule has 3 heteroatoms. The van der Waals surface area contributed by atoms with E-state index >= 15 is 0 Å². The third-order valence-electron chi connectivity index (χ3n) is 0.850. The Hall–Kier alpha value is -1.01. The molecule has 0 aliphatic rings. The highest BCUT2D eigenvalue weighted by molar-refractivity contribution is 4.85. The van der Waals surface area contributed by atoms with Crippen LogP contribution in [-0.2, 0) is 4.74 Å². The van der Waals surface area contributed by atoms with Gasteiger partial charge in [-0.15, -0.1) is 5.26 Å². The molecule has 0 aliphatic heterocycles.